The molecular formula is C47H54N8O6. The first kappa shape index (κ1) is 41.3. The first-order valence-electron chi connectivity index (χ1n) is 21.2. The number of carbonyl (C=O) groups excluding carboxylic acids is 4. The van der Waals surface area contributed by atoms with Crippen molar-refractivity contribution >= 4 is 24.0 Å². The second-order valence-corrected chi connectivity index (χ2v) is 17.1. The summed E-state index contributed by atoms with van der Waals surface area (Å²) in [6.07, 6.45) is 7.28. The molecule has 5 heterocycles. The topological polar surface area (TPSA) is 166 Å². The minimum absolute atomic E-state index is 0.101. The van der Waals surface area contributed by atoms with Gasteiger partial charge in [-0.2, -0.15) is 0 Å². The third-order valence-corrected chi connectivity index (χ3v) is 11.9. The molecule has 0 unspecified atom stereocenters. The van der Waals surface area contributed by atoms with E-state index >= 15 is 0 Å². The van der Waals surface area contributed by atoms with Crippen molar-refractivity contribution in [3.8, 4) is 33.6 Å². The fourth-order valence-corrected chi connectivity index (χ4v) is 8.77. The molecule has 3 aliphatic rings. The third kappa shape index (κ3) is 9.18. The number of nitrogens with one attached hydrogen (secondary N) is 3. The van der Waals surface area contributed by atoms with Gasteiger partial charge < -0.3 is 39.5 Å². The van der Waals surface area contributed by atoms with Gasteiger partial charge in [0.1, 0.15) is 23.3 Å². The Hall–Kier alpha value is -6.44. The van der Waals surface area contributed by atoms with Crippen LogP contribution in [0.3, 0.4) is 0 Å². The number of amides is 4. The summed E-state index contributed by atoms with van der Waals surface area (Å²) in [6, 6.07) is 24.6. The maximum atomic E-state index is 13.9. The number of rotatable bonds is 9. The number of carbonyl (C=O) groups is 4. The maximum Gasteiger partial charge on any atom is 0.410 e. The van der Waals surface area contributed by atoms with Crippen LogP contribution in [-0.4, -0.2) is 97.5 Å². The Morgan fingerprint density at radius 2 is 1.20 bits per heavy atom. The van der Waals surface area contributed by atoms with Crippen molar-refractivity contribution in [2.45, 2.75) is 83.0 Å². The largest absolute Gasteiger partial charge is 0.453 e. The van der Waals surface area contributed by atoms with Gasteiger partial charge in [-0.05, 0) is 87.1 Å². The number of hydrogen-bond acceptors (Lipinski definition) is 8. The predicted octanol–water partition coefficient (Wildman–Crippen LogP) is 8.21. The number of likely N-dealkylation sites (tertiary alicyclic amines) is 3. The number of imidazole rings is 2. The smallest absolute Gasteiger partial charge is 0.410 e. The van der Waals surface area contributed by atoms with Gasteiger partial charge in [0.25, 0.3) is 5.91 Å². The summed E-state index contributed by atoms with van der Waals surface area (Å²) in [5, 5.41) is 2.72. The number of alkyl carbamates (subject to hydrolysis) is 1. The van der Waals surface area contributed by atoms with Crippen molar-refractivity contribution in [1.82, 2.24) is 40.0 Å². The average molecular weight is 827 g/mol. The Morgan fingerprint density at radius 1 is 0.689 bits per heavy atom. The molecule has 0 bridgehead atoms. The van der Waals surface area contributed by atoms with Gasteiger partial charge in [-0.3, -0.25) is 9.59 Å². The van der Waals surface area contributed by atoms with Crippen LogP contribution in [0.2, 0.25) is 0 Å². The van der Waals surface area contributed by atoms with E-state index in [1.807, 2.05) is 62.2 Å². The van der Waals surface area contributed by atoms with Gasteiger partial charge in [-0.15, -0.1) is 0 Å². The van der Waals surface area contributed by atoms with Crippen LogP contribution in [0.1, 0.15) is 94.6 Å². The predicted molar refractivity (Wildman–Crippen MR) is 230 cm³/mol. The molecule has 0 spiro atoms. The molecule has 5 aromatic rings. The van der Waals surface area contributed by atoms with E-state index in [0.717, 1.165) is 65.1 Å². The standard InChI is InChI=1S/C47H54N8O6/c1-47(2,3)61-46(59)53-26-22-35(23-27-53)43(56)54-24-8-12-38(54)41-48-28-36(50-41)32-18-14-30(15-19-32)31-16-20-33(21-17-31)37-29-49-42(51-37)39-13-9-25-55(39)44(57)40(52-45(58)60-4)34-10-6-5-7-11-34/h5-7,10-11,14-21,28-29,35,38-40H,8-9,12-13,22-27H2,1-4H3,(H,48,50)(H,49,51)(H,52,58)/t38-,39-,40+/m0/s1. The normalized spacial score (nSPS) is 18.9. The molecule has 14 heteroatoms. The van der Waals surface area contributed by atoms with E-state index < -0.39 is 17.7 Å². The molecule has 0 saturated carbocycles. The Bertz CT molecular complexity index is 2330. The maximum absolute atomic E-state index is 13.9. The number of methoxy groups -OCH3 is 1. The highest BCUT2D eigenvalue weighted by Gasteiger charge is 2.39. The Labute approximate surface area is 356 Å². The number of nitrogens with zero attached hydrogens (tertiary/aromatic N) is 5. The fourth-order valence-electron chi connectivity index (χ4n) is 8.77. The van der Waals surface area contributed by atoms with Crippen LogP contribution in [0.4, 0.5) is 9.59 Å². The zero-order valence-electron chi connectivity index (χ0n) is 35.2. The number of aromatic nitrogens is 4. The van der Waals surface area contributed by atoms with Gasteiger partial charge in [0.05, 0.1) is 43.0 Å². The molecule has 3 aromatic carbocycles. The number of ether oxygens (including phenoxy) is 2. The minimum atomic E-state index is -0.877. The van der Waals surface area contributed by atoms with E-state index in [9.17, 15) is 19.2 Å². The molecule has 3 fully saturated rings. The van der Waals surface area contributed by atoms with Gasteiger partial charge in [0.15, 0.2) is 0 Å². The number of hydrogen-bond donors (Lipinski definition) is 3. The second kappa shape index (κ2) is 17.6. The molecular weight excluding hydrogens is 773 g/mol. The van der Waals surface area contributed by atoms with Gasteiger partial charge in [-0.1, -0.05) is 78.9 Å². The van der Waals surface area contributed by atoms with E-state index in [1.54, 1.807) is 16.0 Å². The fraction of sp³-hybridized carbons (Fsp3) is 0.404. The second-order valence-electron chi connectivity index (χ2n) is 17.1. The Morgan fingerprint density at radius 3 is 1.72 bits per heavy atom. The SMILES string of the molecule is COC(=O)N[C@@H](C(=O)N1CCC[C@H]1c1ncc(-c2ccc(-c3ccc(-c4cnc([C@@H]5CCCN5C(=O)C5CCN(C(=O)OC(C)(C)C)CC5)[nH]4)cc3)cc2)[nH]1)c1ccccc1. The molecule has 0 radical (unpaired) electrons. The number of H-pyrrole nitrogens is 2. The Kier molecular flexibility index (Phi) is 12.0. The molecule has 14 nitrogen and oxygen atoms in total. The molecule has 3 atom stereocenters. The van der Waals surface area contributed by atoms with Gasteiger partial charge in [-0.25, -0.2) is 19.6 Å². The summed E-state index contributed by atoms with van der Waals surface area (Å²) in [5.41, 5.74) is 5.99. The van der Waals surface area contributed by atoms with E-state index in [2.05, 4.69) is 63.8 Å². The molecule has 318 valence electrons. The summed E-state index contributed by atoms with van der Waals surface area (Å²) in [7, 11) is 1.28. The minimum Gasteiger partial charge on any atom is -0.453 e. The number of piperidine rings is 1. The molecule has 3 N–H and O–H groups in total. The molecule has 8 rings (SSSR count). The Balaban J connectivity index is 0.885. The van der Waals surface area contributed by atoms with Crippen LogP contribution in [0.5, 0.6) is 0 Å². The van der Waals surface area contributed by atoms with E-state index in [-0.39, 0.29) is 35.9 Å². The number of aromatic amines is 2. The highest BCUT2D eigenvalue weighted by molar-refractivity contribution is 5.87. The molecule has 61 heavy (non-hydrogen) atoms. The molecule has 2 aromatic heterocycles. The molecule has 3 saturated heterocycles. The summed E-state index contributed by atoms with van der Waals surface area (Å²) >= 11 is 0. The summed E-state index contributed by atoms with van der Waals surface area (Å²) in [6.45, 7) is 7.87. The van der Waals surface area contributed by atoms with E-state index in [1.165, 1.54) is 7.11 Å². The van der Waals surface area contributed by atoms with Crippen LogP contribution < -0.4 is 5.32 Å². The molecule has 4 amide bonds. The highest BCUT2D eigenvalue weighted by Crippen LogP contribution is 2.37. The first-order chi connectivity index (χ1) is 29.5. The van der Waals surface area contributed by atoms with E-state index in [0.29, 0.717) is 50.4 Å². The van der Waals surface area contributed by atoms with Crippen LogP contribution in [0.15, 0.2) is 91.3 Å². The third-order valence-electron chi connectivity index (χ3n) is 11.9. The monoisotopic (exact) mass is 826 g/mol. The quantitative estimate of drug-likeness (QED) is 0.134. The average Bonchev–Trinajstić information content (AvgIpc) is 4.12. The van der Waals surface area contributed by atoms with E-state index in [4.69, 9.17) is 19.4 Å². The first-order valence-corrected chi connectivity index (χ1v) is 21.2. The lowest BCUT2D eigenvalue weighted by Gasteiger charge is -2.35. The zero-order valence-corrected chi connectivity index (χ0v) is 35.2. The summed E-state index contributed by atoms with van der Waals surface area (Å²) in [5.74, 6) is 1.32. The van der Waals surface area contributed by atoms with Crippen molar-refractivity contribution in [2.24, 2.45) is 5.92 Å². The lowest BCUT2D eigenvalue weighted by atomic mass is 9.95. The lowest BCUT2D eigenvalue weighted by molar-refractivity contribution is -0.138. The van der Waals surface area contributed by atoms with Crippen LogP contribution >= 0.6 is 0 Å². The van der Waals surface area contributed by atoms with Crippen LogP contribution in [-0.2, 0) is 19.1 Å². The summed E-state index contributed by atoms with van der Waals surface area (Å²) < 4.78 is 10.4. The lowest BCUT2D eigenvalue weighted by Crippen LogP contribution is -2.45. The van der Waals surface area contributed by atoms with Crippen LogP contribution in [0, 0.1) is 5.92 Å². The number of benzene rings is 3. The van der Waals surface area contributed by atoms with Crippen molar-refractivity contribution in [2.75, 3.05) is 33.3 Å². The van der Waals surface area contributed by atoms with Crippen molar-refractivity contribution in [1.29, 1.82) is 0 Å². The summed E-state index contributed by atoms with van der Waals surface area (Å²) in [4.78, 5) is 74.3. The highest BCUT2D eigenvalue weighted by atomic mass is 16.6. The molecule has 0 aliphatic carbocycles. The van der Waals surface area contributed by atoms with Crippen molar-refractivity contribution in [3.05, 3.63) is 108 Å². The van der Waals surface area contributed by atoms with Crippen molar-refractivity contribution in [3.63, 3.8) is 0 Å². The molecule has 3 aliphatic heterocycles. The van der Waals surface area contributed by atoms with Crippen molar-refractivity contribution < 1.29 is 28.7 Å². The van der Waals surface area contributed by atoms with Gasteiger partial charge in [0, 0.05) is 32.1 Å². The van der Waals surface area contributed by atoms with Gasteiger partial charge >= 0.3 is 12.2 Å². The van der Waals surface area contributed by atoms with Gasteiger partial charge in [0.2, 0.25) is 5.91 Å². The zero-order chi connectivity index (χ0) is 42.7. The van der Waals surface area contributed by atoms with Crippen LogP contribution in [0.25, 0.3) is 33.6 Å².